The molecular weight excluding hydrogens is 491 g/mol. The van der Waals surface area contributed by atoms with E-state index in [1.165, 1.54) is 11.1 Å². The van der Waals surface area contributed by atoms with Crippen LogP contribution in [-0.4, -0.2) is 50.6 Å². The predicted octanol–water partition coefficient (Wildman–Crippen LogP) is 3.76. The van der Waals surface area contributed by atoms with E-state index in [4.69, 9.17) is 4.74 Å². The molecule has 0 aliphatic carbocycles. The first kappa shape index (κ1) is 25.7. The average Bonchev–Trinajstić information content (AvgIpc) is 2.68. The molecule has 6 nitrogen and oxygen atoms in total. The number of carbonyl (C=O) groups is 1. The first-order valence-electron chi connectivity index (χ1n) is 9.93. The number of nitrogens with one attached hydrogen (secondary N) is 2. The first-order chi connectivity index (χ1) is 13.9. The Morgan fingerprint density at radius 3 is 2.23 bits per heavy atom. The van der Waals surface area contributed by atoms with Crippen molar-refractivity contribution in [3.8, 4) is 5.75 Å². The van der Waals surface area contributed by atoms with Crippen molar-refractivity contribution < 1.29 is 9.53 Å². The Morgan fingerprint density at radius 2 is 1.67 bits per heavy atom. The normalized spacial score (nSPS) is 10.8. The molecule has 2 N–H and O–H groups in total. The van der Waals surface area contributed by atoms with Crippen LogP contribution in [-0.2, 0) is 6.54 Å². The zero-order valence-electron chi connectivity index (χ0n) is 18.5. The zero-order chi connectivity index (χ0) is 21.2. The van der Waals surface area contributed by atoms with Gasteiger partial charge in [0, 0.05) is 26.2 Å². The van der Waals surface area contributed by atoms with Gasteiger partial charge in [0.25, 0.3) is 5.91 Å². The molecule has 2 aromatic carbocycles. The Morgan fingerprint density at radius 1 is 1.03 bits per heavy atom. The van der Waals surface area contributed by atoms with Crippen molar-refractivity contribution in [1.82, 2.24) is 15.5 Å². The summed E-state index contributed by atoms with van der Waals surface area (Å²) in [6, 6.07) is 13.8. The van der Waals surface area contributed by atoms with E-state index in [1.54, 1.807) is 19.0 Å². The van der Waals surface area contributed by atoms with Crippen molar-refractivity contribution >= 4 is 35.8 Å². The molecule has 0 heterocycles. The van der Waals surface area contributed by atoms with Crippen molar-refractivity contribution in [3.05, 3.63) is 64.7 Å². The molecule has 0 aromatic heterocycles. The van der Waals surface area contributed by atoms with Gasteiger partial charge in [-0.1, -0.05) is 18.2 Å². The second kappa shape index (κ2) is 13.1. The fraction of sp³-hybridized carbons (Fsp3) is 0.391. The first-order valence-corrected chi connectivity index (χ1v) is 9.93. The third-order valence-electron chi connectivity index (χ3n) is 4.23. The molecule has 0 unspecified atom stereocenters. The van der Waals surface area contributed by atoms with Gasteiger partial charge in [-0.15, -0.1) is 24.0 Å². The number of hydrogen-bond donors (Lipinski definition) is 2. The summed E-state index contributed by atoms with van der Waals surface area (Å²) in [5, 5.41) is 6.52. The van der Waals surface area contributed by atoms with Crippen LogP contribution in [0.5, 0.6) is 5.75 Å². The van der Waals surface area contributed by atoms with E-state index in [-0.39, 0.29) is 29.9 Å². The van der Waals surface area contributed by atoms with Gasteiger partial charge in [0.2, 0.25) is 0 Å². The van der Waals surface area contributed by atoms with Crippen molar-refractivity contribution in [1.29, 1.82) is 0 Å². The van der Waals surface area contributed by atoms with E-state index >= 15 is 0 Å². The molecule has 164 valence electrons. The average molecular weight is 524 g/mol. The molecule has 1 amide bonds. The van der Waals surface area contributed by atoms with Crippen molar-refractivity contribution in [3.63, 3.8) is 0 Å². The van der Waals surface area contributed by atoms with Gasteiger partial charge in [0.15, 0.2) is 5.96 Å². The fourth-order valence-corrected chi connectivity index (χ4v) is 2.88. The van der Waals surface area contributed by atoms with Crippen LogP contribution in [0.15, 0.2) is 47.5 Å². The summed E-state index contributed by atoms with van der Waals surface area (Å²) < 4.78 is 5.83. The van der Waals surface area contributed by atoms with Crippen molar-refractivity contribution in [2.24, 2.45) is 4.99 Å². The second-order valence-electron chi connectivity index (χ2n) is 7.19. The maximum absolute atomic E-state index is 12.0. The predicted molar refractivity (Wildman–Crippen MR) is 134 cm³/mol. The number of hydrogen-bond acceptors (Lipinski definition) is 3. The van der Waals surface area contributed by atoms with E-state index in [2.05, 4.69) is 35.5 Å². The lowest BCUT2D eigenvalue weighted by molar-refractivity contribution is 0.0827. The molecule has 30 heavy (non-hydrogen) atoms. The quantitative estimate of drug-likeness (QED) is 0.239. The van der Waals surface area contributed by atoms with Gasteiger partial charge in [-0.2, -0.15) is 0 Å². The third-order valence-corrected chi connectivity index (χ3v) is 4.23. The number of ether oxygens (including phenoxy) is 1. The van der Waals surface area contributed by atoms with Gasteiger partial charge in [-0.05, 0) is 61.7 Å². The monoisotopic (exact) mass is 524 g/mol. The highest BCUT2D eigenvalue weighted by Crippen LogP contribution is 2.15. The van der Waals surface area contributed by atoms with Crippen LogP contribution in [0.2, 0.25) is 0 Å². The number of amides is 1. The van der Waals surface area contributed by atoms with Crippen LogP contribution in [0.1, 0.15) is 34.0 Å². The topological polar surface area (TPSA) is 66.0 Å². The largest absolute Gasteiger partial charge is 0.492 e. The molecule has 0 spiro atoms. The summed E-state index contributed by atoms with van der Waals surface area (Å²) in [4.78, 5) is 18.1. The van der Waals surface area contributed by atoms with Gasteiger partial charge in [0.05, 0.1) is 13.1 Å². The van der Waals surface area contributed by atoms with Crippen LogP contribution < -0.4 is 15.4 Å². The molecule has 0 bridgehead atoms. The summed E-state index contributed by atoms with van der Waals surface area (Å²) in [5.74, 6) is 1.63. The Bertz CT molecular complexity index is 815. The summed E-state index contributed by atoms with van der Waals surface area (Å²) in [6.45, 7) is 8.67. The molecule has 7 heteroatoms. The number of carbonyl (C=O) groups excluding carboxylic acids is 1. The van der Waals surface area contributed by atoms with Crippen molar-refractivity contribution in [2.45, 2.75) is 27.3 Å². The molecule has 0 aliphatic heterocycles. The second-order valence-corrected chi connectivity index (χ2v) is 7.19. The molecule has 0 aliphatic rings. The molecule has 0 fully saturated rings. The molecule has 2 rings (SSSR count). The van der Waals surface area contributed by atoms with Gasteiger partial charge in [-0.3, -0.25) is 4.79 Å². The summed E-state index contributed by atoms with van der Waals surface area (Å²) in [6.07, 6.45) is 0. The van der Waals surface area contributed by atoms with Gasteiger partial charge >= 0.3 is 0 Å². The van der Waals surface area contributed by atoms with Gasteiger partial charge < -0.3 is 20.3 Å². The molecular formula is C23H33IN4O2. The summed E-state index contributed by atoms with van der Waals surface area (Å²) in [5.41, 5.74) is 4.11. The van der Waals surface area contributed by atoms with Gasteiger partial charge in [0.1, 0.15) is 12.4 Å². The van der Waals surface area contributed by atoms with E-state index < -0.39 is 0 Å². The zero-order valence-corrected chi connectivity index (χ0v) is 20.8. The SMILES string of the molecule is CCNC(=NCc1ccc(C(=O)N(C)C)cc1)NCCOc1cc(C)cc(C)c1.I. The lowest BCUT2D eigenvalue weighted by atomic mass is 10.1. The Labute approximate surface area is 197 Å². The van der Waals surface area contributed by atoms with Crippen LogP contribution in [0.4, 0.5) is 0 Å². The lowest BCUT2D eigenvalue weighted by Crippen LogP contribution is -2.39. The van der Waals surface area contributed by atoms with E-state index in [9.17, 15) is 4.79 Å². The van der Waals surface area contributed by atoms with Crippen LogP contribution in [0.25, 0.3) is 0 Å². The van der Waals surface area contributed by atoms with Gasteiger partial charge in [-0.25, -0.2) is 4.99 Å². The molecule has 0 atom stereocenters. The molecule has 2 aromatic rings. The Hall–Kier alpha value is -2.29. The van der Waals surface area contributed by atoms with Crippen LogP contribution in [0, 0.1) is 13.8 Å². The minimum Gasteiger partial charge on any atom is -0.492 e. The highest BCUT2D eigenvalue weighted by atomic mass is 127. The van der Waals surface area contributed by atoms with E-state index in [1.807, 2.05) is 43.3 Å². The standard InChI is InChI=1S/C23H32N4O2.HI/c1-6-24-23(25-11-12-29-21-14-17(2)13-18(3)15-21)26-16-19-7-9-20(10-8-19)22(28)27(4)5;/h7-10,13-15H,6,11-12,16H2,1-5H3,(H2,24,25,26);1H. The number of nitrogens with zero attached hydrogens (tertiary/aromatic N) is 2. The summed E-state index contributed by atoms with van der Waals surface area (Å²) >= 11 is 0. The van der Waals surface area contributed by atoms with Crippen LogP contribution >= 0.6 is 24.0 Å². The minimum atomic E-state index is -0.00106. The number of guanidine groups is 1. The Balaban J connectivity index is 0.00000450. The fourth-order valence-electron chi connectivity index (χ4n) is 2.88. The van der Waals surface area contributed by atoms with E-state index in [0.717, 1.165) is 23.8 Å². The highest BCUT2D eigenvalue weighted by molar-refractivity contribution is 14.0. The third kappa shape index (κ3) is 8.61. The maximum atomic E-state index is 12.0. The number of rotatable bonds is 8. The van der Waals surface area contributed by atoms with Crippen LogP contribution in [0.3, 0.4) is 0 Å². The van der Waals surface area contributed by atoms with Crippen molar-refractivity contribution in [2.75, 3.05) is 33.8 Å². The molecule has 0 saturated carbocycles. The number of aliphatic imine (C=N–C) groups is 1. The molecule has 0 radical (unpaired) electrons. The molecule has 0 saturated heterocycles. The summed E-state index contributed by atoms with van der Waals surface area (Å²) in [7, 11) is 3.50. The Kier molecular flexibility index (Phi) is 11.2. The number of benzene rings is 2. The minimum absolute atomic E-state index is 0. The lowest BCUT2D eigenvalue weighted by Gasteiger charge is -2.13. The number of aryl methyl sites for hydroxylation is 2. The van der Waals surface area contributed by atoms with E-state index in [0.29, 0.717) is 25.3 Å². The maximum Gasteiger partial charge on any atom is 0.253 e. The smallest absolute Gasteiger partial charge is 0.253 e. The number of halogens is 1. The highest BCUT2D eigenvalue weighted by Gasteiger charge is 2.07.